The first-order valence-electron chi connectivity index (χ1n) is 5.85. The molecule has 0 aliphatic carbocycles. The van der Waals surface area contributed by atoms with E-state index in [1.807, 2.05) is 0 Å². The Bertz CT molecular complexity index is 594. The molecule has 0 aliphatic heterocycles. The number of hydrogen-bond donors (Lipinski definition) is 4. The SMILES string of the molecule is O=C(NCc1ccc(F)cc1)Nc1cc(O)cc(O)c1. The van der Waals surface area contributed by atoms with E-state index in [0.717, 1.165) is 11.6 Å². The highest BCUT2D eigenvalue weighted by molar-refractivity contribution is 5.89. The van der Waals surface area contributed by atoms with Crippen LogP contribution in [0, 0.1) is 5.82 Å². The van der Waals surface area contributed by atoms with Gasteiger partial charge in [-0.05, 0) is 17.7 Å². The fraction of sp³-hybridized carbons (Fsp3) is 0.0714. The fourth-order valence-corrected chi connectivity index (χ4v) is 1.63. The molecule has 2 aromatic rings. The van der Waals surface area contributed by atoms with Crippen molar-refractivity contribution in [3.63, 3.8) is 0 Å². The summed E-state index contributed by atoms with van der Waals surface area (Å²) in [6.45, 7) is 0.233. The zero-order valence-corrected chi connectivity index (χ0v) is 10.4. The lowest BCUT2D eigenvalue weighted by Gasteiger charge is -2.08. The predicted octanol–water partition coefficient (Wildman–Crippen LogP) is 2.56. The normalized spacial score (nSPS) is 10.1. The second-order valence-corrected chi connectivity index (χ2v) is 4.17. The Morgan fingerprint density at radius 2 is 1.65 bits per heavy atom. The van der Waals surface area contributed by atoms with Crippen LogP contribution in [0.25, 0.3) is 0 Å². The van der Waals surface area contributed by atoms with Crippen molar-refractivity contribution < 1.29 is 19.4 Å². The predicted molar refractivity (Wildman–Crippen MR) is 72.0 cm³/mol. The maximum atomic E-state index is 12.7. The van der Waals surface area contributed by atoms with E-state index in [1.54, 1.807) is 12.1 Å². The number of phenolic OH excluding ortho intramolecular Hbond substituents is 2. The molecule has 0 heterocycles. The largest absolute Gasteiger partial charge is 0.508 e. The molecule has 5 nitrogen and oxygen atoms in total. The number of urea groups is 1. The Morgan fingerprint density at radius 1 is 1.05 bits per heavy atom. The van der Waals surface area contributed by atoms with Gasteiger partial charge in [0.25, 0.3) is 0 Å². The average molecular weight is 276 g/mol. The fourth-order valence-electron chi connectivity index (χ4n) is 1.63. The van der Waals surface area contributed by atoms with Crippen LogP contribution in [0.5, 0.6) is 11.5 Å². The minimum Gasteiger partial charge on any atom is -0.508 e. The van der Waals surface area contributed by atoms with E-state index in [2.05, 4.69) is 10.6 Å². The van der Waals surface area contributed by atoms with Crippen molar-refractivity contribution in [2.45, 2.75) is 6.54 Å². The summed E-state index contributed by atoms with van der Waals surface area (Å²) in [7, 11) is 0. The van der Waals surface area contributed by atoms with Crippen LogP contribution < -0.4 is 10.6 Å². The van der Waals surface area contributed by atoms with E-state index in [1.165, 1.54) is 24.3 Å². The molecule has 0 fully saturated rings. The highest BCUT2D eigenvalue weighted by Gasteiger charge is 2.04. The number of nitrogens with one attached hydrogen (secondary N) is 2. The molecule has 0 spiro atoms. The smallest absolute Gasteiger partial charge is 0.319 e. The average Bonchev–Trinajstić information content (AvgIpc) is 2.37. The van der Waals surface area contributed by atoms with Crippen molar-refractivity contribution >= 4 is 11.7 Å². The van der Waals surface area contributed by atoms with Gasteiger partial charge in [-0.1, -0.05) is 12.1 Å². The van der Waals surface area contributed by atoms with Gasteiger partial charge in [-0.3, -0.25) is 0 Å². The van der Waals surface area contributed by atoms with Gasteiger partial charge in [-0.25, -0.2) is 9.18 Å². The monoisotopic (exact) mass is 276 g/mol. The van der Waals surface area contributed by atoms with Gasteiger partial charge >= 0.3 is 6.03 Å². The molecule has 2 rings (SSSR count). The number of anilines is 1. The quantitative estimate of drug-likeness (QED) is 0.695. The molecule has 2 aromatic carbocycles. The van der Waals surface area contributed by atoms with Crippen molar-refractivity contribution in [1.82, 2.24) is 5.32 Å². The number of halogens is 1. The molecule has 0 saturated carbocycles. The molecular formula is C14H13FN2O3. The summed E-state index contributed by atoms with van der Waals surface area (Å²) in [5.74, 6) is -0.647. The van der Waals surface area contributed by atoms with Gasteiger partial charge in [0.05, 0.1) is 0 Å². The number of phenols is 2. The van der Waals surface area contributed by atoms with Gasteiger partial charge in [0.1, 0.15) is 17.3 Å². The van der Waals surface area contributed by atoms with Gasteiger partial charge in [-0.2, -0.15) is 0 Å². The van der Waals surface area contributed by atoms with Crippen LogP contribution >= 0.6 is 0 Å². The molecule has 2 amide bonds. The molecule has 0 radical (unpaired) electrons. The molecule has 6 heteroatoms. The Labute approximate surface area is 114 Å². The van der Waals surface area contributed by atoms with Gasteiger partial charge in [0.15, 0.2) is 0 Å². The van der Waals surface area contributed by atoms with E-state index in [0.29, 0.717) is 0 Å². The number of carbonyl (C=O) groups excluding carboxylic acids is 1. The lowest BCUT2D eigenvalue weighted by molar-refractivity contribution is 0.251. The minimum atomic E-state index is -0.501. The summed E-state index contributed by atoms with van der Waals surface area (Å²) in [5, 5.41) is 23.6. The van der Waals surface area contributed by atoms with E-state index < -0.39 is 6.03 Å². The number of aromatic hydroxyl groups is 2. The maximum Gasteiger partial charge on any atom is 0.319 e. The summed E-state index contributed by atoms with van der Waals surface area (Å²) < 4.78 is 12.7. The highest BCUT2D eigenvalue weighted by atomic mass is 19.1. The standard InChI is InChI=1S/C14H13FN2O3/c15-10-3-1-9(2-4-10)8-16-14(20)17-11-5-12(18)7-13(19)6-11/h1-7,18-19H,8H2,(H2,16,17,20). The number of hydrogen-bond acceptors (Lipinski definition) is 3. The lowest BCUT2D eigenvalue weighted by atomic mass is 10.2. The number of carbonyl (C=O) groups is 1. The van der Waals surface area contributed by atoms with Crippen molar-refractivity contribution in [3.05, 3.63) is 53.8 Å². The summed E-state index contributed by atoms with van der Waals surface area (Å²) in [6.07, 6.45) is 0. The van der Waals surface area contributed by atoms with Crippen molar-refractivity contribution in [2.75, 3.05) is 5.32 Å². The molecule has 0 atom stereocenters. The van der Waals surface area contributed by atoms with Crippen molar-refractivity contribution in [1.29, 1.82) is 0 Å². The lowest BCUT2D eigenvalue weighted by Crippen LogP contribution is -2.28. The van der Waals surface area contributed by atoms with Gasteiger partial charge in [-0.15, -0.1) is 0 Å². The van der Waals surface area contributed by atoms with Crippen LogP contribution in [-0.2, 0) is 6.54 Å². The molecule has 0 aromatic heterocycles. The third-order valence-corrected chi connectivity index (χ3v) is 2.53. The van der Waals surface area contributed by atoms with Gasteiger partial charge < -0.3 is 20.8 Å². The zero-order valence-electron chi connectivity index (χ0n) is 10.4. The van der Waals surface area contributed by atoms with Crippen LogP contribution in [0.2, 0.25) is 0 Å². The number of rotatable bonds is 3. The Hall–Kier alpha value is -2.76. The summed E-state index contributed by atoms with van der Waals surface area (Å²) >= 11 is 0. The molecule has 0 aliphatic rings. The van der Waals surface area contributed by atoms with Crippen molar-refractivity contribution in [2.24, 2.45) is 0 Å². The van der Waals surface area contributed by atoms with Crippen molar-refractivity contribution in [3.8, 4) is 11.5 Å². The third kappa shape index (κ3) is 3.88. The molecule has 0 unspecified atom stereocenters. The third-order valence-electron chi connectivity index (χ3n) is 2.53. The Morgan fingerprint density at radius 3 is 2.25 bits per heavy atom. The molecule has 0 saturated heterocycles. The van der Waals surface area contributed by atoms with Crippen LogP contribution in [0.1, 0.15) is 5.56 Å². The zero-order chi connectivity index (χ0) is 14.5. The maximum absolute atomic E-state index is 12.7. The molecule has 0 bridgehead atoms. The minimum absolute atomic E-state index is 0.154. The molecular weight excluding hydrogens is 263 g/mol. The van der Waals surface area contributed by atoms with Gasteiger partial charge in [0, 0.05) is 30.4 Å². The second-order valence-electron chi connectivity index (χ2n) is 4.17. The number of amides is 2. The summed E-state index contributed by atoms with van der Waals surface area (Å²) in [5.41, 5.74) is 1.01. The first kappa shape index (κ1) is 13.7. The van der Waals surface area contributed by atoms with Crippen LogP contribution in [0.4, 0.5) is 14.9 Å². The van der Waals surface area contributed by atoms with Crippen LogP contribution in [0.15, 0.2) is 42.5 Å². The van der Waals surface area contributed by atoms with E-state index >= 15 is 0 Å². The first-order chi connectivity index (χ1) is 9.52. The molecule has 20 heavy (non-hydrogen) atoms. The van der Waals surface area contributed by atoms with E-state index in [-0.39, 0.29) is 29.5 Å². The second kappa shape index (κ2) is 5.92. The Balaban J connectivity index is 1.90. The summed E-state index contributed by atoms with van der Waals surface area (Å²) in [6, 6.07) is 9.01. The topological polar surface area (TPSA) is 81.6 Å². The highest BCUT2D eigenvalue weighted by Crippen LogP contribution is 2.23. The number of benzene rings is 2. The first-order valence-corrected chi connectivity index (χ1v) is 5.85. The molecule has 104 valence electrons. The van der Waals surface area contributed by atoms with E-state index in [9.17, 15) is 19.4 Å². The Kier molecular flexibility index (Phi) is 4.05. The summed E-state index contributed by atoms with van der Waals surface area (Å²) in [4.78, 5) is 11.6. The van der Waals surface area contributed by atoms with Crippen LogP contribution in [0.3, 0.4) is 0 Å². The molecule has 4 N–H and O–H groups in total. The van der Waals surface area contributed by atoms with Gasteiger partial charge in [0.2, 0.25) is 0 Å². The van der Waals surface area contributed by atoms with Crippen LogP contribution in [-0.4, -0.2) is 16.2 Å². The van der Waals surface area contributed by atoms with E-state index in [4.69, 9.17) is 0 Å².